The van der Waals surface area contributed by atoms with Crippen LogP contribution in [0.4, 0.5) is 0 Å². The molecule has 0 aliphatic heterocycles. The summed E-state index contributed by atoms with van der Waals surface area (Å²) in [6.45, 7) is 11.4. The molecule has 0 aromatic rings. The van der Waals surface area contributed by atoms with Crippen molar-refractivity contribution < 1.29 is 24.5 Å². The van der Waals surface area contributed by atoms with Crippen molar-refractivity contribution in [1.82, 2.24) is 0 Å². The molecule has 5 nitrogen and oxygen atoms in total. The second-order valence-corrected chi connectivity index (χ2v) is 15.4. The molecule has 0 heterocycles. The molecule has 0 bridgehead atoms. The zero-order valence-electron chi connectivity index (χ0n) is 18.5. The van der Waals surface area contributed by atoms with Gasteiger partial charge in [-0.05, 0) is 62.1 Å². The fourth-order valence-corrected chi connectivity index (χ4v) is 6.29. The maximum Gasteiger partial charge on any atom is 0.303 e. The SMILES string of the molecule is CC(C)(C)[Si](C)(C)O[C@@H](CC[C@@H]1[C@@H](CC(=O)O)[C@@H](O)C[C@H]1O)C1CCCCC1. The van der Waals surface area contributed by atoms with Gasteiger partial charge < -0.3 is 19.7 Å². The van der Waals surface area contributed by atoms with Crippen LogP contribution in [-0.4, -0.2) is 47.9 Å². The van der Waals surface area contributed by atoms with Gasteiger partial charge in [-0.1, -0.05) is 40.0 Å². The lowest BCUT2D eigenvalue weighted by Gasteiger charge is -2.43. The minimum Gasteiger partial charge on any atom is -0.481 e. The summed E-state index contributed by atoms with van der Waals surface area (Å²) in [4.78, 5) is 11.2. The second kappa shape index (κ2) is 9.58. The average Bonchev–Trinajstić information content (AvgIpc) is 2.84. The van der Waals surface area contributed by atoms with E-state index in [0.717, 1.165) is 12.8 Å². The molecule has 2 saturated carbocycles. The third-order valence-electron chi connectivity index (χ3n) is 7.64. The predicted octanol–water partition coefficient (Wildman–Crippen LogP) is 4.57. The summed E-state index contributed by atoms with van der Waals surface area (Å²) < 4.78 is 6.86. The van der Waals surface area contributed by atoms with Gasteiger partial charge in [0, 0.05) is 12.0 Å². The first-order valence-corrected chi connectivity index (χ1v) is 14.1. The first-order chi connectivity index (χ1) is 12.9. The quantitative estimate of drug-likeness (QED) is 0.506. The van der Waals surface area contributed by atoms with Crippen LogP contribution in [0.3, 0.4) is 0 Å². The van der Waals surface area contributed by atoms with Crippen LogP contribution in [0.2, 0.25) is 18.1 Å². The van der Waals surface area contributed by atoms with Crippen LogP contribution in [0, 0.1) is 17.8 Å². The molecule has 0 spiro atoms. The lowest BCUT2D eigenvalue weighted by atomic mass is 9.80. The standard InChI is InChI=1S/C22H42O5Si/c1-22(2,3)28(4,5)27-20(15-9-7-6-8-10-15)12-11-16-17(13-21(25)26)19(24)14-18(16)23/h15-20,23-24H,6-14H2,1-5H3,(H,25,26)/t16-,17-,18-,19+,20+/m1/s1. The van der Waals surface area contributed by atoms with E-state index >= 15 is 0 Å². The molecule has 6 heteroatoms. The van der Waals surface area contributed by atoms with Gasteiger partial charge in [0.15, 0.2) is 8.32 Å². The van der Waals surface area contributed by atoms with Crippen LogP contribution in [0.25, 0.3) is 0 Å². The molecule has 0 aromatic carbocycles. The molecule has 164 valence electrons. The number of carboxylic acids is 1. The summed E-state index contributed by atoms with van der Waals surface area (Å²) in [6.07, 6.45) is 6.87. The predicted molar refractivity (Wildman–Crippen MR) is 114 cm³/mol. The topological polar surface area (TPSA) is 87.0 Å². The number of hydrogen-bond donors (Lipinski definition) is 3. The van der Waals surface area contributed by atoms with E-state index in [-0.39, 0.29) is 29.4 Å². The van der Waals surface area contributed by atoms with Crippen molar-refractivity contribution in [2.45, 2.75) is 115 Å². The van der Waals surface area contributed by atoms with Crippen molar-refractivity contribution in [3.63, 3.8) is 0 Å². The van der Waals surface area contributed by atoms with E-state index in [4.69, 9.17) is 4.43 Å². The summed E-state index contributed by atoms with van der Waals surface area (Å²) in [5.41, 5.74) is 0. The number of aliphatic carboxylic acids is 1. The smallest absolute Gasteiger partial charge is 0.303 e. The Morgan fingerprint density at radius 3 is 2.18 bits per heavy atom. The molecule has 5 atom stereocenters. The Balaban J connectivity index is 2.09. The highest BCUT2D eigenvalue weighted by Gasteiger charge is 2.44. The first kappa shape index (κ1) is 23.8. The lowest BCUT2D eigenvalue weighted by molar-refractivity contribution is -0.139. The Bertz CT molecular complexity index is 510. The highest BCUT2D eigenvalue weighted by atomic mass is 28.4. The Kier molecular flexibility index (Phi) is 8.16. The van der Waals surface area contributed by atoms with Gasteiger partial charge in [0.05, 0.1) is 18.6 Å². The van der Waals surface area contributed by atoms with Gasteiger partial charge in [0.25, 0.3) is 0 Å². The minimum absolute atomic E-state index is 0.0694. The Morgan fingerprint density at radius 2 is 1.64 bits per heavy atom. The van der Waals surface area contributed by atoms with Gasteiger partial charge in [-0.3, -0.25) is 4.79 Å². The number of carboxylic acid groups (broad SMARTS) is 1. The monoisotopic (exact) mass is 414 g/mol. The molecule has 2 fully saturated rings. The van der Waals surface area contributed by atoms with Gasteiger partial charge in [-0.2, -0.15) is 0 Å². The van der Waals surface area contributed by atoms with E-state index in [9.17, 15) is 20.1 Å². The van der Waals surface area contributed by atoms with Crippen LogP contribution in [0.1, 0.15) is 78.6 Å². The number of rotatable bonds is 8. The zero-order chi connectivity index (χ0) is 21.1. The molecule has 0 unspecified atom stereocenters. The summed E-state index contributed by atoms with van der Waals surface area (Å²) >= 11 is 0. The van der Waals surface area contributed by atoms with E-state index in [1.807, 2.05) is 0 Å². The van der Waals surface area contributed by atoms with Crippen LogP contribution in [0.15, 0.2) is 0 Å². The molecule has 2 rings (SSSR count). The molecular formula is C22H42O5Si. The zero-order valence-corrected chi connectivity index (χ0v) is 19.5. The van der Waals surface area contributed by atoms with Gasteiger partial charge in [-0.25, -0.2) is 0 Å². The third kappa shape index (κ3) is 6.03. The van der Waals surface area contributed by atoms with Crippen LogP contribution in [-0.2, 0) is 9.22 Å². The fourth-order valence-electron chi connectivity index (χ4n) is 4.87. The molecular weight excluding hydrogens is 372 g/mol. The number of hydrogen-bond acceptors (Lipinski definition) is 4. The second-order valence-electron chi connectivity index (χ2n) is 10.7. The largest absolute Gasteiger partial charge is 0.481 e. The van der Waals surface area contributed by atoms with Crippen molar-refractivity contribution in [1.29, 1.82) is 0 Å². The average molecular weight is 415 g/mol. The van der Waals surface area contributed by atoms with E-state index in [0.29, 0.717) is 12.3 Å². The number of carbonyl (C=O) groups is 1. The van der Waals surface area contributed by atoms with Crippen LogP contribution >= 0.6 is 0 Å². The van der Waals surface area contributed by atoms with Crippen molar-refractivity contribution in [2.24, 2.45) is 17.8 Å². The highest BCUT2D eigenvalue weighted by molar-refractivity contribution is 6.74. The van der Waals surface area contributed by atoms with Crippen molar-refractivity contribution in [3.8, 4) is 0 Å². The first-order valence-electron chi connectivity index (χ1n) is 11.2. The van der Waals surface area contributed by atoms with Crippen molar-refractivity contribution >= 4 is 14.3 Å². The molecule has 3 N–H and O–H groups in total. The molecule has 0 aromatic heterocycles. The molecule has 2 aliphatic rings. The number of aliphatic hydroxyl groups excluding tert-OH is 2. The van der Waals surface area contributed by atoms with E-state index < -0.39 is 26.5 Å². The minimum atomic E-state index is -1.91. The van der Waals surface area contributed by atoms with Crippen molar-refractivity contribution in [2.75, 3.05) is 0 Å². The van der Waals surface area contributed by atoms with Crippen LogP contribution < -0.4 is 0 Å². The normalized spacial score (nSPS) is 31.1. The van der Waals surface area contributed by atoms with Gasteiger partial charge in [0.1, 0.15) is 0 Å². The van der Waals surface area contributed by atoms with E-state index in [1.165, 1.54) is 32.1 Å². The van der Waals surface area contributed by atoms with Crippen molar-refractivity contribution in [3.05, 3.63) is 0 Å². The summed E-state index contributed by atoms with van der Waals surface area (Å²) in [6, 6.07) is 0. The third-order valence-corrected chi connectivity index (χ3v) is 12.1. The maximum atomic E-state index is 11.2. The molecule has 0 saturated heterocycles. The summed E-state index contributed by atoms with van der Waals surface area (Å²) in [5.74, 6) is -0.846. The molecule has 0 radical (unpaired) electrons. The number of aliphatic hydroxyl groups is 2. The van der Waals surface area contributed by atoms with E-state index in [1.54, 1.807) is 0 Å². The van der Waals surface area contributed by atoms with Gasteiger partial charge in [0.2, 0.25) is 0 Å². The van der Waals surface area contributed by atoms with E-state index in [2.05, 4.69) is 33.9 Å². The Hall–Kier alpha value is -0.433. The van der Waals surface area contributed by atoms with Crippen LogP contribution in [0.5, 0.6) is 0 Å². The Labute approximate surface area is 172 Å². The van der Waals surface area contributed by atoms with Gasteiger partial charge in [-0.15, -0.1) is 0 Å². The molecule has 28 heavy (non-hydrogen) atoms. The molecule has 0 amide bonds. The maximum absolute atomic E-state index is 11.2. The fraction of sp³-hybridized carbons (Fsp3) is 0.955. The Morgan fingerprint density at radius 1 is 1.07 bits per heavy atom. The highest BCUT2D eigenvalue weighted by Crippen LogP contribution is 2.43. The molecule has 2 aliphatic carbocycles. The summed E-state index contributed by atoms with van der Waals surface area (Å²) in [7, 11) is -1.91. The summed E-state index contributed by atoms with van der Waals surface area (Å²) in [5, 5.41) is 30.0. The van der Waals surface area contributed by atoms with Gasteiger partial charge >= 0.3 is 5.97 Å². The lowest BCUT2D eigenvalue weighted by Crippen LogP contribution is -2.46.